The second-order valence-electron chi connectivity index (χ2n) is 4.88. The van der Waals surface area contributed by atoms with Crippen LogP contribution in [0.25, 0.3) is 5.69 Å². The fourth-order valence-corrected chi connectivity index (χ4v) is 2.20. The van der Waals surface area contributed by atoms with Crippen LogP contribution in [0.5, 0.6) is 0 Å². The van der Waals surface area contributed by atoms with Crippen molar-refractivity contribution in [2.75, 3.05) is 0 Å². The monoisotopic (exact) mass is 304 g/mol. The van der Waals surface area contributed by atoms with Crippen LogP contribution in [0.4, 0.5) is 0 Å². The van der Waals surface area contributed by atoms with Gasteiger partial charge in [0.05, 0.1) is 5.69 Å². The average Bonchev–Trinajstić information content (AvgIpc) is 2.46. The summed E-state index contributed by atoms with van der Waals surface area (Å²) in [5.74, 6) is 0. The third-order valence-electron chi connectivity index (χ3n) is 3.33. The number of halogens is 1. The summed E-state index contributed by atoms with van der Waals surface area (Å²) >= 11 is 5.33. The molecule has 5 heteroatoms. The minimum atomic E-state index is -0.462. The number of hydrogen-bond donors (Lipinski definition) is 0. The van der Waals surface area contributed by atoms with E-state index in [1.54, 1.807) is 4.68 Å². The van der Waals surface area contributed by atoms with Crippen molar-refractivity contribution in [3.63, 3.8) is 0 Å². The van der Waals surface area contributed by atoms with Gasteiger partial charge in [0, 0.05) is 24.6 Å². The van der Waals surface area contributed by atoms with E-state index < -0.39 is 5.24 Å². The molecular weight excluding hydrogens is 288 g/mol. The smallest absolute Gasteiger partial charge is 0.222 e. The van der Waals surface area contributed by atoms with E-state index in [9.17, 15) is 9.59 Å². The van der Waals surface area contributed by atoms with Crippen molar-refractivity contribution in [1.82, 2.24) is 9.78 Å². The van der Waals surface area contributed by atoms with E-state index in [0.29, 0.717) is 5.69 Å². The molecule has 0 saturated carbocycles. The van der Waals surface area contributed by atoms with Crippen molar-refractivity contribution < 1.29 is 4.79 Å². The van der Waals surface area contributed by atoms with E-state index in [-0.39, 0.29) is 18.3 Å². The number of aryl methyl sites for hydroxylation is 3. The standard InChI is InChI=1S/C16H17ClN2O2/c1-3-12-4-6-13(7-5-12)19-11(2)10-15(20)14(18-19)8-9-16(17)21/h4-7,10H,3,8-9H2,1-2H3. The molecule has 0 fully saturated rings. The molecule has 0 N–H and O–H groups in total. The Balaban J connectivity index is 2.40. The van der Waals surface area contributed by atoms with E-state index in [2.05, 4.69) is 12.0 Å². The molecule has 0 saturated heterocycles. The maximum atomic E-state index is 11.9. The summed E-state index contributed by atoms with van der Waals surface area (Å²) in [7, 11) is 0. The van der Waals surface area contributed by atoms with Gasteiger partial charge in [-0.3, -0.25) is 9.59 Å². The number of hydrogen-bond acceptors (Lipinski definition) is 3. The highest BCUT2D eigenvalue weighted by Crippen LogP contribution is 2.11. The third kappa shape index (κ3) is 3.79. The average molecular weight is 305 g/mol. The number of carbonyl (C=O) groups is 1. The van der Waals surface area contributed by atoms with E-state index in [0.717, 1.165) is 17.8 Å². The molecule has 2 aromatic rings. The van der Waals surface area contributed by atoms with Crippen LogP contribution in [0.3, 0.4) is 0 Å². The molecule has 0 aliphatic carbocycles. The fourth-order valence-electron chi connectivity index (χ4n) is 2.11. The van der Waals surface area contributed by atoms with Gasteiger partial charge in [-0.25, -0.2) is 4.68 Å². The number of nitrogens with zero attached hydrogens (tertiary/aromatic N) is 2. The first-order chi connectivity index (χ1) is 10.0. The molecule has 1 aromatic carbocycles. The molecule has 0 aliphatic rings. The van der Waals surface area contributed by atoms with Gasteiger partial charge in [-0.2, -0.15) is 5.10 Å². The Hall–Kier alpha value is -1.94. The first kappa shape index (κ1) is 15.4. The van der Waals surface area contributed by atoms with Crippen LogP contribution < -0.4 is 5.43 Å². The summed E-state index contributed by atoms with van der Waals surface area (Å²) in [6.07, 6.45) is 1.34. The molecule has 1 aromatic heterocycles. The fraction of sp³-hybridized carbons (Fsp3) is 0.312. The molecule has 0 amide bonds. The Morgan fingerprint density at radius 3 is 2.52 bits per heavy atom. The Morgan fingerprint density at radius 2 is 1.95 bits per heavy atom. The molecule has 0 spiro atoms. The van der Waals surface area contributed by atoms with Crippen molar-refractivity contribution in [2.24, 2.45) is 0 Å². The Bertz CT molecular complexity index is 705. The predicted octanol–water partition coefficient (Wildman–Crippen LogP) is 2.80. The maximum absolute atomic E-state index is 11.9. The van der Waals surface area contributed by atoms with Crippen molar-refractivity contribution in [3.05, 3.63) is 57.5 Å². The van der Waals surface area contributed by atoms with Crippen LogP contribution in [-0.2, 0) is 17.6 Å². The lowest BCUT2D eigenvalue weighted by Crippen LogP contribution is -2.19. The van der Waals surface area contributed by atoms with Crippen molar-refractivity contribution in [3.8, 4) is 5.69 Å². The minimum Gasteiger partial charge on any atom is -0.288 e. The Kier molecular flexibility index (Phi) is 4.91. The van der Waals surface area contributed by atoms with Crippen LogP contribution in [0, 0.1) is 6.92 Å². The second kappa shape index (κ2) is 6.68. The molecule has 0 unspecified atom stereocenters. The largest absolute Gasteiger partial charge is 0.288 e. The Morgan fingerprint density at radius 1 is 1.29 bits per heavy atom. The second-order valence-corrected chi connectivity index (χ2v) is 5.31. The van der Waals surface area contributed by atoms with Crippen LogP contribution in [-0.4, -0.2) is 15.0 Å². The summed E-state index contributed by atoms with van der Waals surface area (Å²) in [5, 5.41) is 3.90. The van der Waals surface area contributed by atoms with E-state index in [4.69, 9.17) is 11.6 Å². The van der Waals surface area contributed by atoms with Crippen molar-refractivity contribution >= 4 is 16.8 Å². The first-order valence-corrected chi connectivity index (χ1v) is 7.26. The van der Waals surface area contributed by atoms with Gasteiger partial charge in [0.15, 0.2) is 0 Å². The highest BCUT2D eigenvalue weighted by Gasteiger charge is 2.09. The van der Waals surface area contributed by atoms with Crippen LogP contribution in [0.1, 0.15) is 30.3 Å². The topological polar surface area (TPSA) is 52.0 Å². The number of carbonyl (C=O) groups excluding carboxylic acids is 1. The van der Waals surface area contributed by atoms with Crippen LogP contribution >= 0.6 is 11.6 Å². The summed E-state index contributed by atoms with van der Waals surface area (Å²) in [6.45, 7) is 3.93. The highest BCUT2D eigenvalue weighted by molar-refractivity contribution is 6.63. The lowest BCUT2D eigenvalue weighted by atomic mass is 10.1. The van der Waals surface area contributed by atoms with E-state index in [1.165, 1.54) is 11.6 Å². The van der Waals surface area contributed by atoms with E-state index >= 15 is 0 Å². The quantitative estimate of drug-likeness (QED) is 0.798. The molecule has 2 rings (SSSR count). The summed E-state index contributed by atoms with van der Waals surface area (Å²) in [4.78, 5) is 22.8. The Labute approximate surface area is 128 Å². The zero-order chi connectivity index (χ0) is 15.4. The molecule has 21 heavy (non-hydrogen) atoms. The number of aromatic nitrogens is 2. The molecule has 0 atom stereocenters. The van der Waals surface area contributed by atoms with Crippen molar-refractivity contribution in [2.45, 2.75) is 33.1 Å². The lowest BCUT2D eigenvalue weighted by Gasteiger charge is -2.11. The van der Waals surface area contributed by atoms with Gasteiger partial charge in [-0.1, -0.05) is 19.1 Å². The van der Waals surface area contributed by atoms with Crippen molar-refractivity contribution in [1.29, 1.82) is 0 Å². The highest BCUT2D eigenvalue weighted by atomic mass is 35.5. The van der Waals surface area contributed by atoms with Gasteiger partial charge in [-0.05, 0) is 42.6 Å². The summed E-state index contributed by atoms with van der Waals surface area (Å²) < 4.78 is 1.72. The summed E-state index contributed by atoms with van der Waals surface area (Å²) in [6, 6.07) is 9.56. The maximum Gasteiger partial charge on any atom is 0.222 e. The van der Waals surface area contributed by atoms with E-state index in [1.807, 2.05) is 31.2 Å². The molecule has 110 valence electrons. The van der Waals surface area contributed by atoms with Crippen LogP contribution in [0.15, 0.2) is 35.1 Å². The lowest BCUT2D eigenvalue weighted by molar-refractivity contribution is -0.111. The van der Waals surface area contributed by atoms with Crippen LogP contribution in [0.2, 0.25) is 0 Å². The molecule has 4 nitrogen and oxygen atoms in total. The number of rotatable bonds is 5. The van der Waals surface area contributed by atoms with Gasteiger partial charge in [0.25, 0.3) is 0 Å². The molecule has 0 aliphatic heterocycles. The normalized spacial score (nSPS) is 10.6. The molecular formula is C16H17ClN2O2. The van der Waals surface area contributed by atoms with Gasteiger partial charge in [0.1, 0.15) is 5.69 Å². The third-order valence-corrected chi connectivity index (χ3v) is 3.52. The zero-order valence-electron chi connectivity index (χ0n) is 12.1. The van der Waals surface area contributed by atoms with Gasteiger partial charge < -0.3 is 0 Å². The minimum absolute atomic E-state index is 0.113. The van der Waals surface area contributed by atoms with Gasteiger partial charge in [-0.15, -0.1) is 0 Å². The molecule has 0 radical (unpaired) electrons. The predicted molar refractivity (Wildman–Crippen MR) is 83.1 cm³/mol. The zero-order valence-corrected chi connectivity index (χ0v) is 12.9. The molecule has 1 heterocycles. The number of benzene rings is 1. The SMILES string of the molecule is CCc1ccc(-n2nc(CCC(=O)Cl)c(=O)cc2C)cc1. The van der Waals surface area contributed by atoms with Gasteiger partial charge >= 0.3 is 0 Å². The summed E-state index contributed by atoms with van der Waals surface area (Å²) in [5.41, 5.74) is 3.08. The van der Waals surface area contributed by atoms with Gasteiger partial charge in [0.2, 0.25) is 10.7 Å². The molecule has 0 bridgehead atoms. The first-order valence-electron chi connectivity index (χ1n) is 6.88.